The Kier molecular flexibility index (Phi) is 3.57. The van der Waals surface area contributed by atoms with E-state index in [1.165, 1.54) is 6.21 Å². The predicted molar refractivity (Wildman–Crippen MR) is 84.0 cm³/mol. The van der Waals surface area contributed by atoms with Crippen LogP contribution in [-0.4, -0.2) is 27.4 Å². The van der Waals surface area contributed by atoms with Gasteiger partial charge in [0.25, 0.3) is 5.91 Å². The molecule has 0 bridgehead atoms. The molecule has 110 valence electrons. The number of carbonyl (C=O) groups excluding carboxylic acids is 1. The molecule has 1 amide bonds. The standard InChI is InChI=1S/C16H14N4O2/c1-10-8-14(19-18-10)16(22)20-17-9-13-12-5-3-2-4-11(12)6-7-15(13)21/h2-9,21H,1H3,(H,18,19)(H,20,22)/b17-9+. The molecular formula is C16H14N4O2. The van der Waals surface area contributed by atoms with Gasteiger partial charge in [-0.15, -0.1) is 0 Å². The lowest BCUT2D eigenvalue weighted by molar-refractivity contribution is 0.0950. The fourth-order valence-corrected chi connectivity index (χ4v) is 2.17. The summed E-state index contributed by atoms with van der Waals surface area (Å²) in [6.45, 7) is 1.81. The van der Waals surface area contributed by atoms with Gasteiger partial charge in [-0.2, -0.15) is 10.2 Å². The van der Waals surface area contributed by atoms with E-state index in [0.717, 1.165) is 16.5 Å². The zero-order valence-corrected chi connectivity index (χ0v) is 11.9. The highest BCUT2D eigenvalue weighted by atomic mass is 16.3. The molecule has 3 rings (SSSR count). The molecule has 1 aromatic heterocycles. The van der Waals surface area contributed by atoms with E-state index in [4.69, 9.17) is 0 Å². The first kappa shape index (κ1) is 13.8. The second-order valence-corrected chi connectivity index (χ2v) is 4.85. The molecule has 0 aliphatic heterocycles. The summed E-state index contributed by atoms with van der Waals surface area (Å²) in [4.78, 5) is 11.8. The number of aromatic hydroxyl groups is 1. The van der Waals surface area contributed by atoms with Crippen LogP contribution >= 0.6 is 0 Å². The Morgan fingerprint density at radius 2 is 2.14 bits per heavy atom. The number of aryl methyl sites for hydroxylation is 1. The van der Waals surface area contributed by atoms with Crippen LogP contribution in [0.5, 0.6) is 5.75 Å². The van der Waals surface area contributed by atoms with Crippen LogP contribution in [0.25, 0.3) is 10.8 Å². The van der Waals surface area contributed by atoms with E-state index in [2.05, 4.69) is 20.7 Å². The van der Waals surface area contributed by atoms with Crippen molar-refractivity contribution in [1.29, 1.82) is 0 Å². The van der Waals surface area contributed by atoms with Gasteiger partial charge < -0.3 is 5.11 Å². The Bertz CT molecular complexity index is 867. The minimum atomic E-state index is -0.416. The first-order valence-electron chi connectivity index (χ1n) is 6.71. The van der Waals surface area contributed by atoms with Gasteiger partial charge in [-0.3, -0.25) is 9.89 Å². The molecule has 0 aliphatic carbocycles. The summed E-state index contributed by atoms with van der Waals surface area (Å²) < 4.78 is 0. The summed E-state index contributed by atoms with van der Waals surface area (Å²) in [6.07, 6.45) is 1.43. The fraction of sp³-hybridized carbons (Fsp3) is 0.0625. The third-order valence-electron chi connectivity index (χ3n) is 3.25. The zero-order chi connectivity index (χ0) is 15.5. The van der Waals surface area contributed by atoms with E-state index >= 15 is 0 Å². The molecule has 6 heteroatoms. The first-order valence-corrected chi connectivity index (χ1v) is 6.71. The summed E-state index contributed by atoms with van der Waals surface area (Å²) >= 11 is 0. The molecule has 3 N–H and O–H groups in total. The number of benzene rings is 2. The molecule has 22 heavy (non-hydrogen) atoms. The Morgan fingerprint density at radius 3 is 2.91 bits per heavy atom. The van der Waals surface area contributed by atoms with Gasteiger partial charge in [-0.05, 0) is 29.8 Å². The van der Waals surface area contributed by atoms with E-state index in [9.17, 15) is 9.90 Å². The second kappa shape index (κ2) is 5.69. The number of phenols is 1. The largest absolute Gasteiger partial charge is 0.507 e. The maximum atomic E-state index is 11.8. The molecule has 0 saturated carbocycles. The van der Waals surface area contributed by atoms with Gasteiger partial charge in [0.05, 0.1) is 6.21 Å². The normalized spacial score (nSPS) is 11.1. The average Bonchev–Trinajstić information content (AvgIpc) is 2.96. The highest BCUT2D eigenvalue weighted by Gasteiger charge is 2.08. The topological polar surface area (TPSA) is 90.4 Å². The van der Waals surface area contributed by atoms with Crippen molar-refractivity contribution < 1.29 is 9.90 Å². The van der Waals surface area contributed by atoms with Crippen molar-refractivity contribution in [3.63, 3.8) is 0 Å². The number of nitrogens with zero attached hydrogens (tertiary/aromatic N) is 2. The quantitative estimate of drug-likeness (QED) is 0.511. The third-order valence-corrected chi connectivity index (χ3v) is 3.25. The number of hydrogen-bond donors (Lipinski definition) is 3. The summed E-state index contributed by atoms with van der Waals surface area (Å²) in [5.41, 5.74) is 4.00. The molecule has 2 aromatic carbocycles. The lowest BCUT2D eigenvalue weighted by Crippen LogP contribution is -2.18. The molecule has 0 saturated heterocycles. The zero-order valence-electron chi connectivity index (χ0n) is 11.9. The van der Waals surface area contributed by atoms with Crippen LogP contribution in [0.4, 0.5) is 0 Å². The molecule has 3 aromatic rings. The summed E-state index contributed by atoms with van der Waals surface area (Å²) in [7, 11) is 0. The molecule has 1 heterocycles. The molecule has 0 radical (unpaired) electrons. The van der Waals surface area contributed by atoms with Crippen molar-refractivity contribution in [3.05, 3.63) is 59.4 Å². The van der Waals surface area contributed by atoms with Gasteiger partial charge in [0, 0.05) is 11.3 Å². The number of aromatic amines is 1. The lowest BCUT2D eigenvalue weighted by atomic mass is 10.0. The number of phenolic OH excluding ortho intramolecular Hbond substituents is 1. The van der Waals surface area contributed by atoms with Gasteiger partial charge in [-0.1, -0.05) is 30.3 Å². The highest BCUT2D eigenvalue weighted by Crippen LogP contribution is 2.25. The van der Waals surface area contributed by atoms with Crippen LogP contribution in [0.15, 0.2) is 47.6 Å². The Labute approximate surface area is 126 Å². The van der Waals surface area contributed by atoms with Crippen LogP contribution in [0.1, 0.15) is 21.7 Å². The van der Waals surface area contributed by atoms with E-state index in [1.54, 1.807) is 19.1 Å². The average molecular weight is 294 g/mol. The van der Waals surface area contributed by atoms with Crippen LogP contribution in [-0.2, 0) is 0 Å². The van der Waals surface area contributed by atoms with E-state index in [0.29, 0.717) is 5.56 Å². The smallest absolute Gasteiger partial charge is 0.291 e. The second-order valence-electron chi connectivity index (χ2n) is 4.85. The van der Waals surface area contributed by atoms with Crippen molar-refractivity contribution >= 4 is 22.9 Å². The fourth-order valence-electron chi connectivity index (χ4n) is 2.17. The monoisotopic (exact) mass is 294 g/mol. The number of amides is 1. The van der Waals surface area contributed by atoms with Gasteiger partial charge >= 0.3 is 0 Å². The van der Waals surface area contributed by atoms with Crippen LogP contribution < -0.4 is 5.43 Å². The van der Waals surface area contributed by atoms with Crippen LogP contribution in [0.3, 0.4) is 0 Å². The van der Waals surface area contributed by atoms with Crippen LogP contribution in [0.2, 0.25) is 0 Å². The van der Waals surface area contributed by atoms with E-state index < -0.39 is 5.91 Å². The maximum Gasteiger partial charge on any atom is 0.291 e. The number of hydrogen-bond acceptors (Lipinski definition) is 4. The minimum absolute atomic E-state index is 0.104. The van der Waals surface area contributed by atoms with Gasteiger partial charge in [0.1, 0.15) is 5.75 Å². The van der Waals surface area contributed by atoms with E-state index in [1.807, 2.05) is 30.3 Å². The van der Waals surface area contributed by atoms with Crippen molar-refractivity contribution in [2.75, 3.05) is 0 Å². The molecule has 0 spiro atoms. The molecule has 0 atom stereocenters. The number of rotatable bonds is 3. The van der Waals surface area contributed by atoms with Crippen molar-refractivity contribution in [3.8, 4) is 5.75 Å². The Balaban J connectivity index is 1.84. The Morgan fingerprint density at radius 1 is 1.32 bits per heavy atom. The first-order chi connectivity index (χ1) is 10.6. The van der Waals surface area contributed by atoms with Gasteiger partial charge in [0.15, 0.2) is 5.69 Å². The Hall–Kier alpha value is -3.15. The lowest BCUT2D eigenvalue weighted by Gasteiger charge is -2.04. The van der Waals surface area contributed by atoms with Crippen molar-refractivity contribution in [2.45, 2.75) is 6.92 Å². The number of nitrogens with one attached hydrogen (secondary N) is 2. The predicted octanol–water partition coefficient (Wildman–Crippen LogP) is 2.34. The van der Waals surface area contributed by atoms with Crippen molar-refractivity contribution in [1.82, 2.24) is 15.6 Å². The number of aromatic nitrogens is 2. The summed E-state index contributed by atoms with van der Waals surface area (Å²) in [5.74, 6) is -0.312. The third kappa shape index (κ3) is 2.67. The SMILES string of the molecule is Cc1cc(C(=O)N/N=C/c2c(O)ccc3ccccc23)n[nH]1. The minimum Gasteiger partial charge on any atom is -0.507 e. The number of fused-ring (bicyclic) bond motifs is 1. The molecular weight excluding hydrogens is 280 g/mol. The number of carbonyl (C=O) groups is 1. The number of H-pyrrole nitrogens is 1. The molecule has 0 aliphatic rings. The highest BCUT2D eigenvalue weighted by molar-refractivity contribution is 6.03. The van der Waals surface area contributed by atoms with Crippen molar-refractivity contribution in [2.24, 2.45) is 5.10 Å². The molecule has 0 fully saturated rings. The maximum absolute atomic E-state index is 11.8. The van der Waals surface area contributed by atoms with Crippen LogP contribution in [0, 0.1) is 6.92 Å². The summed E-state index contributed by atoms with van der Waals surface area (Å²) in [6, 6.07) is 12.7. The molecule has 6 nitrogen and oxygen atoms in total. The summed E-state index contributed by atoms with van der Waals surface area (Å²) in [5, 5.41) is 22.2. The van der Waals surface area contributed by atoms with E-state index in [-0.39, 0.29) is 11.4 Å². The van der Waals surface area contributed by atoms with Gasteiger partial charge in [-0.25, -0.2) is 5.43 Å². The van der Waals surface area contributed by atoms with Gasteiger partial charge in [0.2, 0.25) is 0 Å². The molecule has 0 unspecified atom stereocenters. The number of hydrazone groups is 1.